The number of ether oxygens (including phenoxy) is 1. The number of thioether (sulfide) groups is 1. The Kier molecular flexibility index (Phi) is 6.42. The van der Waals surface area contributed by atoms with Gasteiger partial charge in [0.15, 0.2) is 0 Å². The monoisotopic (exact) mass is 384 g/mol. The lowest BCUT2D eigenvalue weighted by molar-refractivity contribution is -0.151. The van der Waals surface area contributed by atoms with Crippen LogP contribution >= 0.6 is 11.8 Å². The highest BCUT2D eigenvalue weighted by Gasteiger charge is 2.20. The van der Waals surface area contributed by atoms with Crippen LogP contribution in [0.4, 0.5) is 11.5 Å². The van der Waals surface area contributed by atoms with Gasteiger partial charge in [0.25, 0.3) is 5.91 Å². The lowest BCUT2D eigenvalue weighted by atomic mass is 10.2. The number of nitrogen functional groups attached to an aromatic ring is 1. The van der Waals surface area contributed by atoms with Crippen molar-refractivity contribution >= 4 is 35.1 Å². The van der Waals surface area contributed by atoms with Gasteiger partial charge in [-0.15, -0.1) is 0 Å². The Morgan fingerprint density at radius 1 is 1.30 bits per heavy atom. The van der Waals surface area contributed by atoms with Gasteiger partial charge >= 0.3 is 5.97 Å². The summed E-state index contributed by atoms with van der Waals surface area (Å²) in [5.41, 5.74) is 6.16. The van der Waals surface area contributed by atoms with Gasteiger partial charge < -0.3 is 15.8 Å². The van der Waals surface area contributed by atoms with E-state index in [0.29, 0.717) is 5.69 Å². The third-order valence-electron chi connectivity index (χ3n) is 3.16. The number of aromatic nitrogens is 1. The quantitative estimate of drug-likeness (QED) is 0.600. The molecule has 140 valence electrons. The van der Waals surface area contributed by atoms with Crippen molar-refractivity contribution in [3.8, 4) is 6.07 Å². The molecular weight excluding hydrogens is 364 g/mol. The number of benzene rings is 1. The number of anilines is 2. The fraction of sp³-hybridized carbons (Fsp3) is 0.263. The molecule has 2 aromatic rings. The van der Waals surface area contributed by atoms with E-state index in [2.05, 4.69) is 10.3 Å². The summed E-state index contributed by atoms with van der Waals surface area (Å²) in [5, 5.41) is 12.3. The first-order valence-corrected chi connectivity index (χ1v) is 9.10. The van der Waals surface area contributed by atoms with E-state index in [-0.39, 0.29) is 27.7 Å². The first kappa shape index (κ1) is 20.3. The van der Waals surface area contributed by atoms with E-state index in [1.807, 2.05) is 12.1 Å². The molecule has 1 aromatic carbocycles. The van der Waals surface area contributed by atoms with Gasteiger partial charge in [-0.25, -0.2) is 4.98 Å². The predicted molar refractivity (Wildman–Crippen MR) is 104 cm³/mol. The zero-order chi connectivity index (χ0) is 20.0. The standard InChI is InChI=1S/C19H20N4O3S/c1-19(2,3)26-15(24)11-27-18-12(10-20)9-14(16(21)23-18)17(25)22-13-7-5-4-6-8-13/h4-9H,11H2,1-3H3,(H2,21,23)(H,22,25). The second-order valence-corrected chi connectivity index (χ2v) is 7.55. The fourth-order valence-electron chi connectivity index (χ4n) is 2.10. The third kappa shape index (κ3) is 6.01. The SMILES string of the molecule is CC(C)(C)OC(=O)CSc1nc(N)c(C(=O)Nc2ccccc2)cc1C#N. The van der Waals surface area contributed by atoms with Crippen LogP contribution in [0, 0.1) is 11.3 Å². The smallest absolute Gasteiger partial charge is 0.316 e. The van der Waals surface area contributed by atoms with E-state index >= 15 is 0 Å². The molecular formula is C19H20N4O3S. The van der Waals surface area contributed by atoms with Gasteiger partial charge in [-0.1, -0.05) is 30.0 Å². The zero-order valence-corrected chi connectivity index (χ0v) is 16.1. The molecule has 0 radical (unpaired) electrons. The number of nitriles is 1. The minimum Gasteiger partial charge on any atom is -0.459 e. The maximum atomic E-state index is 12.4. The molecule has 0 saturated carbocycles. The van der Waals surface area contributed by atoms with Crippen LogP contribution in [0.1, 0.15) is 36.7 Å². The van der Waals surface area contributed by atoms with Crippen LogP contribution in [-0.2, 0) is 9.53 Å². The first-order chi connectivity index (χ1) is 12.7. The normalized spacial score (nSPS) is 10.7. The van der Waals surface area contributed by atoms with Gasteiger partial charge in [-0.2, -0.15) is 5.26 Å². The van der Waals surface area contributed by atoms with Crippen molar-refractivity contribution in [1.82, 2.24) is 4.98 Å². The van der Waals surface area contributed by atoms with Gasteiger partial charge in [-0.3, -0.25) is 9.59 Å². The molecule has 0 spiro atoms. The number of nitrogens with two attached hydrogens (primary N) is 1. The third-order valence-corrected chi connectivity index (χ3v) is 4.13. The average molecular weight is 384 g/mol. The van der Waals surface area contributed by atoms with Gasteiger partial charge in [0.1, 0.15) is 22.5 Å². The summed E-state index contributed by atoms with van der Waals surface area (Å²) in [5.74, 6) is -0.934. The Hall–Kier alpha value is -3.05. The van der Waals surface area contributed by atoms with E-state index in [4.69, 9.17) is 10.5 Å². The Morgan fingerprint density at radius 2 is 1.96 bits per heavy atom. The number of pyridine rings is 1. The van der Waals surface area contributed by atoms with Crippen molar-refractivity contribution in [2.75, 3.05) is 16.8 Å². The largest absolute Gasteiger partial charge is 0.459 e. The molecule has 0 aliphatic heterocycles. The molecule has 0 atom stereocenters. The van der Waals surface area contributed by atoms with Crippen LogP contribution in [-0.4, -0.2) is 28.2 Å². The van der Waals surface area contributed by atoms with Crippen LogP contribution in [0.15, 0.2) is 41.4 Å². The van der Waals surface area contributed by atoms with E-state index in [0.717, 1.165) is 11.8 Å². The highest BCUT2D eigenvalue weighted by atomic mass is 32.2. The van der Waals surface area contributed by atoms with E-state index in [1.165, 1.54) is 6.07 Å². The number of nitrogens with zero attached hydrogens (tertiary/aromatic N) is 2. The topological polar surface area (TPSA) is 118 Å². The number of carbonyl (C=O) groups excluding carboxylic acids is 2. The molecule has 0 bridgehead atoms. The highest BCUT2D eigenvalue weighted by molar-refractivity contribution is 7.99. The Morgan fingerprint density at radius 3 is 2.56 bits per heavy atom. The number of carbonyl (C=O) groups is 2. The van der Waals surface area contributed by atoms with Crippen LogP contribution < -0.4 is 11.1 Å². The second-order valence-electron chi connectivity index (χ2n) is 6.58. The lowest BCUT2D eigenvalue weighted by Crippen LogP contribution is -2.25. The van der Waals surface area contributed by atoms with Crippen LogP contribution in [0.5, 0.6) is 0 Å². The summed E-state index contributed by atoms with van der Waals surface area (Å²) in [4.78, 5) is 28.4. The van der Waals surface area contributed by atoms with Crippen LogP contribution in [0.2, 0.25) is 0 Å². The highest BCUT2D eigenvalue weighted by Crippen LogP contribution is 2.25. The summed E-state index contributed by atoms with van der Waals surface area (Å²) in [7, 11) is 0. The summed E-state index contributed by atoms with van der Waals surface area (Å²) in [6, 6.07) is 12.2. The summed E-state index contributed by atoms with van der Waals surface area (Å²) < 4.78 is 5.23. The molecule has 7 nitrogen and oxygen atoms in total. The van der Waals surface area contributed by atoms with Gasteiger partial charge in [-0.05, 0) is 39.0 Å². The summed E-state index contributed by atoms with van der Waals surface area (Å²) in [6.07, 6.45) is 0. The average Bonchev–Trinajstić information content (AvgIpc) is 2.59. The summed E-state index contributed by atoms with van der Waals surface area (Å²) in [6.45, 7) is 5.31. The zero-order valence-electron chi connectivity index (χ0n) is 15.3. The number of rotatable bonds is 5. The van der Waals surface area contributed by atoms with Crippen molar-refractivity contribution in [3.63, 3.8) is 0 Å². The van der Waals surface area contributed by atoms with E-state index in [1.54, 1.807) is 45.0 Å². The van der Waals surface area contributed by atoms with Crippen molar-refractivity contribution in [2.45, 2.75) is 31.4 Å². The maximum Gasteiger partial charge on any atom is 0.316 e. The van der Waals surface area contributed by atoms with Gasteiger partial charge in [0, 0.05) is 5.69 Å². The second kappa shape index (κ2) is 8.56. The van der Waals surface area contributed by atoms with Crippen molar-refractivity contribution in [2.24, 2.45) is 0 Å². The molecule has 2 rings (SSSR count). The molecule has 0 unspecified atom stereocenters. The Bertz CT molecular complexity index is 886. The Labute approximate surface area is 161 Å². The number of hydrogen-bond acceptors (Lipinski definition) is 7. The molecule has 27 heavy (non-hydrogen) atoms. The van der Waals surface area contributed by atoms with Crippen molar-refractivity contribution in [3.05, 3.63) is 47.5 Å². The summed E-state index contributed by atoms with van der Waals surface area (Å²) >= 11 is 1.04. The Balaban J connectivity index is 2.16. The van der Waals surface area contributed by atoms with Gasteiger partial charge in [0.05, 0.1) is 16.9 Å². The first-order valence-electron chi connectivity index (χ1n) is 8.11. The maximum absolute atomic E-state index is 12.4. The van der Waals surface area contributed by atoms with Gasteiger partial charge in [0.2, 0.25) is 0 Å². The molecule has 8 heteroatoms. The molecule has 1 aromatic heterocycles. The predicted octanol–water partition coefficient (Wildman–Crippen LogP) is 3.22. The molecule has 3 N–H and O–H groups in total. The molecule has 1 heterocycles. The number of esters is 1. The fourth-order valence-corrected chi connectivity index (χ4v) is 2.84. The minimum absolute atomic E-state index is 0.0193. The van der Waals surface area contributed by atoms with E-state index < -0.39 is 17.5 Å². The van der Waals surface area contributed by atoms with Crippen molar-refractivity contribution in [1.29, 1.82) is 5.26 Å². The van der Waals surface area contributed by atoms with Crippen LogP contribution in [0.3, 0.4) is 0 Å². The van der Waals surface area contributed by atoms with Crippen molar-refractivity contribution < 1.29 is 14.3 Å². The minimum atomic E-state index is -0.596. The molecule has 0 fully saturated rings. The molecule has 0 saturated heterocycles. The molecule has 1 amide bonds. The molecule has 0 aliphatic rings. The number of amides is 1. The number of hydrogen-bond donors (Lipinski definition) is 2. The van der Waals surface area contributed by atoms with Crippen LogP contribution in [0.25, 0.3) is 0 Å². The molecule has 0 aliphatic carbocycles. The number of para-hydroxylation sites is 1. The lowest BCUT2D eigenvalue weighted by Gasteiger charge is -2.19. The van der Waals surface area contributed by atoms with E-state index in [9.17, 15) is 14.9 Å². The number of nitrogens with one attached hydrogen (secondary N) is 1.